The van der Waals surface area contributed by atoms with Gasteiger partial charge in [0.15, 0.2) is 6.29 Å². The molecule has 0 aliphatic carbocycles. The number of hydrogen-bond acceptors (Lipinski definition) is 5. The van der Waals surface area contributed by atoms with Crippen LogP contribution in [-0.2, 0) is 9.47 Å². The first-order chi connectivity index (χ1) is 10.7. The molecule has 0 spiro atoms. The summed E-state index contributed by atoms with van der Waals surface area (Å²) in [5, 5.41) is 0. The molecule has 0 amide bonds. The van der Waals surface area contributed by atoms with E-state index in [9.17, 15) is 0 Å². The van der Waals surface area contributed by atoms with E-state index in [2.05, 4.69) is 0 Å². The molecule has 0 fully saturated rings. The largest absolute Gasteiger partial charge is 0.497 e. The monoisotopic (exact) mass is 320 g/mol. The summed E-state index contributed by atoms with van der Waals surface area (Å²) in [7, 11) is 6.53. The lowest BCUT2D eigenvalue weighted by Crippen LogP contribution is -2.06. The summed E-state index contributed by atoms with van der Waals surface area (Å²) in [4.78, 5) is 2.10. The van der Waals surface area contributed by atoms with E-state index in [1.165, 1.54) is 0 Å². The smallest absolute Gasteiger partial charge is 0.186 e. The summed E-state index contributed by atoms with van der Waals surface area (Å²) in [6.07, 6.45) is -0.452. The molecule has 2 aromatic carbocycles. The molecule has 22 heavy (non-hydrogen) atoms. The average molecular weight is 320 g/mol. The maximum absolute atomic E-state index is 5.57. The number of ether oxygens (including phenoxy) is 4. The third-order valence-electron chi connectivity index (χ3n) is 3.18. The van der Waals surface area contributed by atoms with Crippen LogP contribution in [0.3, 0.4) is 0 Å². The predicted octanol–water partition coefficient (Wildman–Crippen LogP) is 4.15. The van der Waals surface area contributed by atoms with E-state index in [0.717, 1.165) is 26.9 Å². The van der Waals surface area contributed by atoms with E-state index in [0.29, 0.717) is 0 Å². The van der Waals surface area contributed by atoms with Crippen molar-refractivity contribution in [1.29, 1.82) is 0 Å². The van der Waals surface area contributed by atoms with E-state index in [4.69, 9.17) is 18.9 Å². The van der Waals surface area contributed by atoms with Crippen LogP contribution in [0.4, 0.5) is 0 Å². The summed E-state index contributed by atoms with van der Waals surface area (Å²) >= 11 is 1.62. The minimum absolute atomic E-state index is 0.452. The number of hydrogen-bond donors (Lipinski definition) is 0. The van der Waals surface area contributed by atoms with Gasteiger partial charge in [-0.2, -0.15) is 0 Å². The van der Waals surface area contributed by atoms with Crippen LogP contribution in [0, 0.1) is 0 Å². The SMILES string of the molecule is COc1ccc(Sc2cccc(C(OC)OC)c2OC)cc1. The zero-order valence-electron chi connectivity index (χ0n) is 13.2. The van der Waals surface area contributed by atoms with Crippen molar-refractivity contribution >= 4 is 11.8 Å². The molecular weight excluding hydrogens is 300 g/mol. The molecule has 0 aliphatic heterocycles. The van der Waals surface area contributed by atoms with Gasteiger partial charge in [0.2, 0.25) is 0 Å². The minimum Gasteiger partial charge on any atom is -0.497 e. The zero-order chi connectivity index (χ0) is 15.9. The Labute approximate surface area is 135 Å². The highest BCUT2D eigenvalue weighted by Gasteiger charge is 2.18. The molecule has 2 aromatic rings. The number of para-hydroxylation sites is 1. The van der Waals surface area contributed by atoms with Gasteiger partial charge in [-0.15, -0.1) is 0 Å². The van der Waals surface area contributed by atoms with E-state index in [1.54, 1.807) is 40.2 Å². The van der Waals surface area contributed by atoms with E-state index >= 15 is 0 Å². The molecule has 0 radical (unpaired) electrons. The highest BCUT2D eigenvalue weighted by molar-refractivity contribution is 7.99. The van der Waals surface area contributed by atoms with Crippen LogP contribution in [-0.4, -0.2) is 28.4 Å². The highest BCUT2D eigenvalue weighted by atomic mass is 32.2. The Hall–Kier alpha value is -1.69. The molecule has 2 rings (SSSR count). The van der Waals surface area contributed by atoms with Crippen LogP contribution < -0.4 is 9.47 Å². The minimum atomic E-state index is -0.452. The van der Waals surface area contributed by atoms with Crippen molar-refractivity contribution in [3.05, 3.63) is 48.0 Å². The molecular formula is C17H20O4S. The molecule has 0 saturated heterocycles. The lowest BCUT2D eigenvalue weighted by molar-refractivity contribution is -0.107. The second kappa shape index (κ2) is 8.08. The highest BCUT2D eigenvalue weighted by Crippen LogP contribution is 2.40. The van der Waals surface area contributed by atoms with Gasteiger partial charge >= 0.3 is 0 Å². The maximum atomic E-state index is 5.57. The summed E-state index contributed by atoms with van der Waals surface area (Å²) in [5.41, 5.74) is 0.867. The normalized spacial score (nSPS) is 10.8. The third-order valence-corrected chi connectivity index (χ3v) is 4.23. The van der Waals surface area contributed by atoms with Gasteiger partial charge in [-0.25, -0.2) is 0 Å². The fraction of sp³-hybridized carbons (Fsp3) is 0.294. The molecule has 0 bridgehead atoms. The number of methoxy groups -OCH3 is 4. The molecule has 0 unspecified atom stereocenters. The zero-order valence-corrected chi connectivity index (χ0v) is 14.0. The first-order valence-corrected chi connectivity index (χ1v) is 7.59. The molecule has 0 aromatic heterocycles. The molecule has 5 heteroatoms. The average Bonchev–Trinajstić information content (AvgIpc) is 2.57. The predicted molar refractivity (Wildman–Crippen MR) is 86.9 cm³/mol. The Kier molecular flexibility index (Phi) is 6.12. The molecule has 0 N–H and O–H groups in total. The van der Waals surface area contributed by atoms with Gasteiger partial charge in [-0.1, -0.05) is 23.9 Å². The number of benzene rings is 2. The summed E-state index contributed by atoms with van der Waals surface area (Å²) in [5.74, 6) is 1.60. The fourth-order valence-electron chi connectivity index (χ4n) is 2.14. The first kappa shape index (κ1) is 16.7. The second-order valence-corrected chi connectivity index (χ2v) is 5.57. The lowest BCUT2D eigenvalue weighted by Gasteiger charge is -2.19. The van der Waals surface area contributed by atoms with Crippen molar-refractivity contribution in [2.45, 2.75) is 16.1 Å². The Morgan fingerprint density at radius 2 is 1.50 bits per heavy atom. The van der Waals surface area contributed by atoms with Crippen molar-refractivity contribution in [2.24, 2.45) is 0 Å². The lowest BCUT2D eigenvalue weighted by atomic mass is 10.2. The summed E-state index contributed by atoms with van der Waals surface area (Å²) < 4.78 is 21.4. The van der Waals surface area contributed by atoms with E-state index in [-0.39, 0.29) is 0 Å². The standard InChI is InChI=1S/C17H20O4S/c1-18-12-8-10-13(11-9-12)22-15-7-5-6-14(16(15)19-2)17(20-3)21-4/h5-11,17H,1-4H3. The van der Waals surface area contributed by atoms with Gasteiger partial charge < -0.3 is 18.9 Å². The van der Waals surface area contributed by atoms with Crippen molar-refractivity contribution in [2.75, 3.05) is 28.4 Å². The van der Waals surface area contributed by atoms with Crippen LogP contribution in [0.5, 0.6) is 11.5 Å². The van der Waals surface area contributed by atoms with Gasteiger partial charge in [0.05, 0.1) is 24.7 Å². The van der Waals surface area contributed by atoms with Gasteiger partial charge in [0, 0.05) is 19.1 Å². The Morgan fingerprint density at radius 3 is 2.05 bits per heavy atom. The summed E-state index contributed by atoms with van der Waals surface area (Å²) in [6, 6.07) is 13.8. The van der Waals surface area contributed by atoms with E-state index < -0.39 is 6.29 Å². The van der Waals surface area contributed by atoms with Gasteiger partial charge in [0.1, 0.15) is 11.5 Å². The van der Waals surface area contributed by atoms with Crippen LogP contribution in [0.2, 0.25) is 0 Å². The summed E-state index contributed by atoms with van der Waals surface area (Å²) in [6.45, 7) is 0. The molecule has 0 aliphatic rings. The molecule has 118 valence electrons. The van der Waals surface area contributed by atoms with Crippen LogP contribution in [0.1, 0.15) is 11.9 Å². The van der Waals surface area contributed by atoms with Crippen molar-refractivity contribution in [3.63, 3.8) is 0 Å². The Bertz CT molecular complexity index is 594. The molecule has 0 heterocycles. The van der Waals surface area contributed by atoms with Crippen molar-refractivity contribution < 1.29 is 18.9 Å². The van der Waals surface area contributed by atoms with Crippen LogP contribution in [0.25, 0.3) is 0 Å². The van der Waals surface area contributed by atoms with Crippen LogP contribution in [0.15, 0.2) is 52.3 Å². The Morgan fingerprint density at radius 1 is 0.818 bits per heavy atom. The van der Waals surface area contributed by atoms with E-state index in [1.807, 2.05) is 42.5 Å². The van der Waals surface area contributed by atoms with Gasteiger partial charge in [0.25, 0.3) is 0 Å². The molecule has 0 atom stereocenters. The third kappa shape index (κ3) is 3.74. The topological polar surface area (TPSA) is 36.9 Å². The van der Waals surface area contributed by atoms with Gasteiger partial charge in [-0.05, 0) is 30.3 Å². The second-order valence-electron chi connectivity index (χ2n) is 4.46. The quantitative estimate of drug-likeness (QED) is 0.717. The van der Waals surface area contributed by atoms with Crippen molar-refractivity contribution in [1.82, 2.24) is 0 Å². The molecule has 4 nitrogen and oxygen atoms in total. The van der Waals surface area contributed by atoms with Gasteiger partial charge in [-0.3, -0.25) is 0 Å². The first-order valence-electron chi connectivity index (χ1n) is 6.77. The molecule has 0 saturated carbocycles. The van der Waals surface area contributed by atoms with Crippen molar-refractivity contribution in [3.8, 4) is 11.5 Å². The maximum Gasteiger partial charge on any atom is 0.186 e. The van der Waals surface area contributed by atoms with Crippen LogP contribution >= 0.6 is 11.8 Å². The number of rotatable bonds is 7. The fourth-order valence-corrected chi connectivity index (χ4v) is 3.10. The Balaban J connectivity index is 2.31.